The van der Waals surface area contributed by atoms with Crippen molar-refractivity contribution >= 4 is 35.3 Å². The van der Waals surface area contributed by atoms with Gasteiger partial charge in [-0.25, -0.2) is 0 Å². The van der Waals surface area contributed by atoms with Gasteiger partial charge in [-0.3, -0.25) is 14.4 Å². The molecule has 0 N–H and O–H groups in total. The monoisotopic (exact) mass is 644 g/mol. The molecule has 0 aliphatic rings. The van der Waals surface area contributed by atoms with Crippen molar-refractivity contribution in [2.75, 3.05) is 0 Å². The Morgan fingerprint density at radius 2 is 0.500 bits per heavy atom. The molecule has 0 atom stereocenters. The maximum atomic E-state index is 11.5. The van der Waals surface area contributed by atoms with Crippen LogP contribution in [0.3, 0.4) is 0 Å². The van der Waals surface area contributed by atoms with Gasteiger partial charge >= 0.3 is 32.7 Å². The fraction of sp³-hybridized carbons (Fsp3) is 0.800. The Hall–Kier alpha value is -1.48. The van der Waals surface area contributed by atoms with Gasteiger partial charge in [0.05, 0.1) is 0 Å². The zero-order valence-corrected chi connectivity index (χ0v) is 29.1. The van der Waals surface area contributed by atoms with Crippen LogP contribution in [0, 0.1) is 16.2 Å². The van der Waals surface area contributed by atoms with Gasteiger partial charge < -0.3 is 29.7 Å². The zero-order valence-electron chi connectivity index (χ0n) is 26.2. The third-order valence-electron chi connectivity index (χ3n) is 8.78. The van der Waals surface area contributed by atoms with Crippen LogP contribution >= 0.6 is 0 Å². The first-order valence-electron chi connectivity index (χ1n) is 14.3. The van der Waals surface area contributed by atoms with Crippen LogP contribution in [0.2, 0.25) is 0 Å². The molecule has 0 bridgehead atoms. The fourth-order valence-electron chi connectivity index (χ4n) is 4.98. The van der Waals surface area contributed by atoms with E-state index in [1.54, 1.807) is 0 Å². The molecular formula is C30H51O9Y. The third-order valence-corrected chi connectivity index (χ3v) is 8.78. The number of carboxylic acids is 3. The summed E-state index contributed by atoms with van der Waals surface area (Å²) in [7, 11) is 0. The molecule has 0 spiro atoms. The SMILES string of the molecule is CCC(CC)(CC)C(=O)CC(=O)[O-].CCC(CC)(CC)C(=O)CC(=O)[O-].CCC(CC)(CC)C(=O)CC(=O)[O-].[Y+3]. The molecule has 0 aromatic heterocycles. The van der Waals surface area contributed by atoms with Crippen molar-refractivity contribution in [2.45, 2.75) is 139 Å². The van der Waals surface area contributed by atoms with Gasteiger partial charge in [-0.1, -0.05) is 62.3 Å². The molecule has 40 heavy (non-hydrogen) atoms. The zero-order chi connectivity index (χ0) is 31.4. The Balaban J connectivity index is -0.000000240. The summed E-state index contributed by atoms with van der Waals surface area (Å²) in [6, 6.07) is 0. The summed E-state index contributed by atoms with van der Waals surface area (Å²) in [6.07, 6.45) is 4.96. The van der Waals surface area contributed by atoms with Crippen LogP contribution in [-0.4, -0.2) is 35.3 Å². The molecule has 0 radical (unpaired) electrons. The van der Waals surface area contributed by atoms with Gasteiger partial charge in [-0.15, -0.1) is 0 Å². The molecule has 0 aromatic carbocycles. The van der Waals surface area contributed by atoms with E-state index >= 15 is 0 Å². The van der Waals surface area contributed by atoms with Gasteiger partial charge in [-0.05, 0) is 57.8 Å². The van der Waals surface area contributed by atoms with Crippen LogP contribution in [0.4, 0.5) is 0 Å². The van der Waals surface area contributed by atoms with E-state index in [9.17, 15) is 44.1 Å². The number of carbonyl (C=O) groups excluding carboxylic acids is 6. The molecule has 0 rings (SSSR count). The van der Waals surface area contributed by atoms with Gasteiger partial charge in [0.15, 0.2) is 0 Å². The van der Waals surface area contributed by atoms with Gasteiger partial charge in [0, 0.05) is 53.4 Å². The maximum absolute atomic E-state index is 11.5. The smallest absolute Gasteiger partial charge is 0.550 e. The maximum Gasteiger partial charge on any atom is 3.00 e. The van der Waals surface area contributed by atoms with Gasteiger partial charge in [-0.2, -0.15) is 0 Å². The molecule has 0 aliphatic heterocycles. The van der Waals surface area contributed by atoms with E-state index < -0.39 is 53.4 Å². The first-order chi connectivity index (χ1) is 18.1. The normalized spacial score (nSPS) is 11.0. The van der Waals surface area contributed by atoms with Crippen LogP contribution in [0.5, 0.6) is 0 Å². The molecule has 10 heteroatoms. The predicted molar refractivity (Wildman–Crippen MR) is 144 cm³/mol. The minimum atomic E-state index is -1.27. The molecular weight excluding hydrogens is 593 g/mol. The van der Waals surface area contributed by atoms with Crippen molar-refractivity contribution in [3.05, 3.63) is 0 Å². The van der Waals surface area contributed by atoms with E-state index in [0.717, 1.165) is 0 Å². The van der Waals surface area contributed by atoms with Gasteiger partial charge in [0.1, 0.15) is 17.3 Å². The average Bonchev–Trinajstić information content (AvgIpc) is 2.88. The summed E-state index contributed by atoms with van der Waals surface area (Å²) in [5.74, 6) is -4.40. The van der Waals surface area contributed by atoms with E-state index in [2.05, 4.69) is 0 Å². The summed E-state index contributed by atoms with van der Waals surface area (Å²) in [5, 5.41) is 30.8. The number of ketones is 3. The summed E-state index contributed by atoms with van der Waals surface area (Å²) in [4.78, 5) is 65.5. The molecule has 228 valence electrons. The molecule has 0 heterocycles. The molecule has 0 saturated heterocycles. The van der Waals surface area contributed by atoms with Crippen LogP contribution in [0.15, 0.2) is 0 Å². The standard InChI is InChI=1S/3C10H18O3.Y/c3*1-4-10(5-2,6-3)8(11)7-9(12)13;/h3*4-7H2,1-3H3,(H,12,13);/q;;;+3/p-3. The molecule has 0 aromatic rings. The second-order valence-electron chi connectivity index (χ2n) is 9.94. The second-order valence-corrected chi connectivity index (χ2v) is 9.94. The Bertz CT molecular complexity index is 664. The molecule has 0 amide bonds. The number of Topliss-reactive ketones (excluding diaryl/α,β-unsaturated/α-hetero) is 3. The summed E-state index contributed by atoms with van der Waals surface area (Å²) in [6.45, 7) is 17.3. The van der Waals surface area contributed by atoms with Gasteiger partial charge in [0.2, 0.25) is 0 Å². The van der Waals surface area contributed by atoms with Crippen molar-refractivity contribution in [3.8, 4) is 0 Å². The van der Waals surface area contributed by atoms with E-state index in [1.807, 2.05) is 62.3 Å². The summed E-state index contributed by atoms with van der Waals surface area (Å²) in [5.41, 5.74) is -1.33. The second kappa shape index (κ2) is 23.1. The van der Waals surface area contributed by atoms with Crippen molar-refractivity contribution < 1.29 is 76.8 Å². The van der Waals surface area contributed by atoms with E-state index in [-0.39, 0.29) is 50.1 Å². The molecule has 9 nitrogen and oxygen atoms in total. The van der Waals surface area contributed by atoms with Crippen LogP contribution in [-0.2, 0) is 61.5 Å². The Morgan fingerprint density at radius 1 is 0.375 bits per heavy atom. The minimum Gasteiger partial charge on any atom is -0.550 e. The van der Waals surface area contributed by atoms with Crippen LogP contribution in [0.25, 0.3) is 0 Å². The summed E-state index contributed by atoms with van der Waals surface area (Å²) >= 11 is 0. The molecule has 0 saturated carbocycles. The number of hydrogen-bond donors (Lipinski definition) is 0. The Kier molecular flexibility index (Phi) is 26.3. The average molecular weight is 645 g/mol. The first kappa shape index (κ1) is 45.5. The number of carbonyl (C=O) groups is 6. The predicted octanol–water partition coefficient (Wildman–Crippen LogP) is 2.73. The number of carboxylic acid groups (broad SMARTS) is 3. The molecule has 0 unspecified atom stereocenters. The molecule has 0 aliphatic carbocycles. The fourth-order valence-corrected chi connectivity index (χ4v) is 4.98. The van der Waals surface area contributed by atoms with Crippen LogP contribution in [0.1, 0.15) is 139 Å². The number of hydrogen-bond acceptors (Lipinski definition) is 9. The minimum absolute atomic E-state index is 0. The first-order valence-corrected chi connectivity index (χ1v) is 14.3. The van der Waals surface area contributed by atoms with Crippen molar-refractivity contribution in [3.63, 3.8) is 0 Å². The van der Waals surface area contributed by atoms with Crippen LogP contribution < -0.4 is 15.3 Å². The van der Waals surface area contributed by atoms with E-state index in [4.69, 9.17) is 0 Å². The number of aliphatic carboxylic acids is 3. The quantitative estimate of drug-likeness (QED) is 0.204. The van der Waals surface area contributed by atoms with Gasteiger partial charge in [0.25, 0.3) is 0 Å². The number of rotatable bonds is 18. The van der Waals surface area contributed by atoms with E-state index in [0.29, 0.717) is 57.8 Å². The topological polar surface area (TPSA) is 172 Å². The van der Waals surface area contributed by atoms with Crippen molar-refractivity contribution in [1.29, 1.82) is 0 Å². The van der Waals surface area contributed by atoms with Crippen molar-refractivity contribution in [2.24, 2.45) is 16.2 Å². The summed E-state index contributed by atoms with van der Waals surface area (Å²) < 4.78 is 0. The Labute approximate surface area is 266 Å². The largest absolute Gasteiger partial charge is 3.00 e. The van der Waals surface area contributed by atoms with Crippen molar-refractivity contribution in [1.82, 2.24) is 0 Å². The van der Waals surface area contributed by atoms with E-state index in [1.165, 1.54) is 0 Å². The molecule has 0 fully saturated rings. The third kappa shape index (κ3) is 15.0. The Morgan fingerprint density at radius 3 is 0.575 bits per heavy atom.